The van der Waals surface area contributed by atoms with Crippen molar-refractivity contribution in [2.75, 3.05) is 19.6 Å². The number of hydrogen-bond donors (Lipinski definition) is 0. The van der Waals surface area contributed by atoms with Crippen molar-refractivity contribution in [2.24, 2.45) is 22.7 Å². The van der Waals surface area contributed by atoms with Gasteiger partial charge in [-0.25, -0.2) is 0 Å². The second-order valence-electron chi connectivity index (χ2n) is 6.79. The lowest BCUT2D eigenvalue weighted by molar-refractivity contribution is 0.187. The summed E-state index contributed by atoms with van der Waals surface area (Å²) in [4.78, 5) is 2.65. The molecule has 76 valence electrons. The normalized spacial score (nSPS) is 37.6. The van der Waals surface area contributed by atoms with Crippen molar-refractivity contribution in [1.29, 1.82) is 0 Å². The molecule has 0 amide bonds. The Kier molecular flexibility index (Phi) is 1.83. The maximum absolute atomic E-state index is 2.65. The quantitative estimate of drug-likeness (QED) is 0.601. The van der Waals surface area contributed by atoms with E-state index in [0.29, 0.717) is 10.8 Å². The summed E-state index contributed by atoms with van der Waals surface area (Å²) in [5.41, 5.74) is 1.15. The van der Waals surface area contributed by atoms with Crippen LogP contribution in [0.1, 0.15) is 34.6 Å². The highest BCUT2D eigenvalue weighted by Gasteiger charge is 2.61. The third-order valence-electron chi connectivity index (χ3n) is 3.90. The van der Waals surface area contributed by atoms with Crippen LogP contribution < -0.4 is 0 Å². The lowest BCUT2D eigenvalue weighted by Gasteiger charge is -2.29. The van der Waals surface area contributed by atoms with Crippen LogP contribution in [0, 0.1) is 22.7 Å². The first-order valence-corrected chi connectivity index (χ1v) is 5.53. The lowest BCUT2D eigenvalue weighted by Crippen LogP contribution is -2.34. The van der Waals surface area contributed by atoms with Crippen LogP contribution in [0.2, 0.25) is 0 Å². The summed E-state index contributed by atoms with van der Waals surface area (Å²) < 4.78 is 0. The Morgan fingerprint density at radius 3 is 2.00 bits per heavy atom. The van der Waals surface area contributed by atoms with Gasteiger partial charge in [0.25, 0.3) is 0 Å². The van der Waals surface area contributed by atoms with E-state index in [1.165, 1.54) is 19.6 Å². The first kappa shape index (κ1) is 9.51. The number of rotatable bonds is 1. The summed E-state index contributed by atoms with van der Waals surface area (Å²) in [6.07, 6.45) is 0. The largest absolute Gasteiger partial charge is 0.302 e. The van der Waals surface area contributed by atoms with Crippen molar-refractivity contribution >= 4 is 0 Å². The van der Waals surface area contributed by atoms with Gasteiger partial charge in [-0.3, -0.25) is 0 Å². The van der Waals surface area contributed by atoms with Crippen LogP contribution in [-0.4, -0.2) is 24.5 Å². The minimum atomic E-state index is 0.473. The van der Waals surface area contributed by atoms with Gasteiger partial charge in [-0.1, -0.05) is 34.6 Å². The first-order chi connectivity index (χ1) is 5.81. The minimum Gasteiger partial charge on any atom is -0.302 e. The van der Waals surface area contributed by atoms with Crippen molar-refractivity contribution in [3.05, 3.63) is 0 Å². The van der Waals surface area contributed by atoms with E-state index < -0.39 is 0 Å². The summed E-state index contributed by atoms with van der Waals surface area (Å²) in [7, 11) is 0. The molecule has 2 rings (SSSR count). The average Bonchev–Trinajstić information content (AvgIpc) is 2.38. The van der Waals surface area contributed by atoms with Gasteiger partial charge in [0.15, 0.2) is 0 Å². The van der Waals surface area contributed by atoms with Gasteiger partial charge < -0.3 is 4.90 Å². The average molecular weight is 181 g/mol. The van der Waals surface area contributed by atoms with E-state index >= 15 is 0 Å². The second-order valence-corrected chi connectivity index (χ2v) is 6.79. The molecule has 1 heterocycles. The smallest absolute Gasteiger partial charge is 0.00303 e. The van der Waals surface area contributed by atoms with Crippen LogP contribution in [0.3, 0.4) is 0 Å². The maximum Gasteiger partial charge on any atom is 0.00303 e. The Morgan fingerprint density at radius 2 is 1.62 bits per heavy atom. The van der Waals surface area contributed by atoms with Crippen molar-refractivity contribution < 1.29 is 0 Å². The van der Waals surface area contributed by atoms with Crippen LogP contribution in [0.25, 0.3) is 0 Å². The highest BCUT2D eigenvalue weighted by atomic mass is 15.2. The van der Waals surface area contributed by atoms with Gasteiger partial charge in [0.2, 0.25) is 0 Å². The zero-order chi connectivity index (χ0) is 9.85. The number of fused-ring (bicyclic) bond motifs is 1. The molecule has 2 aliphatic rings. The van der Waals surface area contributed by atoms with Gasteiger partial charge in [-0.05, 0) is 22.7 Å². The molecule has 1 aliphatic carbocycles. The van der Waals surface area contributed by atoms with E-state index in [9.17, 15) is 0 Å². The molecular weight excluding hydrogens is 158 g/mol. The molecule has 0 spiro atoms. The molecule has 1 heteroatoms. The number of piperidine rings is 1. The Morgan fingerprint density at radius 1 is 1.15 bits per heavy atom. The zero-order valence-electron chi connectivity index (χ0n) is 9.72. The van der Waals surface area contributed by atoms with Crippen LogP contribution in [0.5, 0.6) is 0 Å². The van der Waals surface area contributed by atoms with Gasteiger partial charge in [-0.2, -0.15) is 0 Å². The van der Waals surface area contributed by atoms with Crippen LogP contribution in [0.4, 0.5) is 0 Å². The van der Waals surface area contributed by atoms with Gasteiger partial charge >= 0.3 is 0 Å². The molecule has 2 unspecified atom stereocenters. The molecule has 1 saturated carbocycles. The molecule has 0 aromatic carbocycles. The van der Waals surface area contributed by atoms with E-state index in [0.717, 1.165) is 11.8 Å². The van der Waals surface area contributed by atoms with Crippen molar-refractivity contribution in [1.82, 2.24) is 4.90 Å². The molecule has 0 bridgehead atoms. The highest BCUT2D eigenvalue weighted by Crippen LogP contribution is 2.62. The van der Waals surface area contributed by atoms with Crippen LogP contribution in [-0.2, 0) is 0 Å². The first-order valence-electron chi connectivity index (χ1n) is 5.53. The summed E-state index contributed by atoms with van der Waals surface area (Å²) in [5, 5.41) is 0. The molecule has 1 aliphatic heterocycles. The number of nitrogens with zero attached hydrogens (tertiary/aromatic N) is 1. The van der Waals surface area contributed by atoms with E-state index in [1.807, 2.05) is 0 Å². The maximum atomic E-state index is 2.65. The fourth-order valence-electron chi connectivity index (χ4n) is 3.01. The standard InChI is InChI=1S/C12H23N/c1-11(2,3)8-13-6-9-10(7-13)12(9,4)5/h9-10H,6-8H2,1-5H3. The van der Waals surface area contributed by atoms with Crippen molar-refractivity contribution in [2.45, 2.75) is 34.6 Å². The second kappa shape index (κ2) is 2.50. The van der Waals surface area contributed by atoms with E-state index in [-0.39, 0.29) is 0 Å². The lowest BCUT2D eigenvalue weighted by atomic mass is 9.95. The SMILES string of the molecule is CC(C)(C)CN1CC2C(C1)C2(C)C. The number of likely N-dealkylation sites (tertiary alicyclic amines) is 1. The fourth-order valence-corrected chi connectivity index (χ4v) is 3.01. The monoisotopic (exact) mass is 181 g/mol. The zero-order valence-corrected chi connectivity index (χ0v) is 9.72. The Balaban J connectivity index is 1.85. The molecular formula is C12H23N. The van der Waals surface area contributed by atoms with Crippen LogP contribution in [0.15, 0.2) is 0 Å². The van der Waals surface area contributed by atoms with Crippen LogP contribution >= 0.6 is 0 Å². The molecule has 0 aromatic heterocycles. The topological polar surface area (TPSA) is 3.24 Å². The molecule has 0 aromatic rings. The predicted octanol–water partition coefficient (Wildman–Crippen LogP) is 2.62. The molecule has 0 N–H and O–H groups in total. The predicted molar refractivity (Wildman–Crippen MR) is 56.7 cm³/mol. The molecule has 1 nitrogen and oxygen atoms in total. The minimum absolute atomic E-state index is 0.473. The van der Waals surface area contributed by atoms with E-state index in [1.54, 1.807) is 0 Å². The van der Waals surface area contributed by atoms with E-state index in [4.69, 9.17) is 0 Å². The summed E-state index contributed by atoms with van der Waals surface area (Å²) in [5.74, 6) is 2.02. The van der Waals surface area contributed by atoms with E-state index in [2.05, 4.69) is 39.5 Å². The fraction of sp³-hybridized carbons (Fsp3) is 1.00. The van der Waals surface area contributed by atoms with Gasteiger partial charge in [0.05, 0.1) is 0 Å². The highest BCUT2D eigenvalue weighted by molar-refractivity contribution is 5.11. The van der Waals surface area contributed by atoms with Gasteiger partial charge in [0, 0.05) is 19.6 Å². The van der Waals surface area contributed by atoms with Gasteiger partial charge in [-0.15, -0.1) is 0 Å². The van der Waals surface area contributed by atoms with Crippen molar-refractivity contribution in [3.8, 4) is 0 Å². The molecule has 2 atom stereocenters. The molecule has 1 saturated heterocycles. The number of hydrogen-bond acceptors (Lipinski definition) is 1. The summed E-state index contributed by atoms with van der Waals surface area (Å²) in [6.45, 7) is 15.8. The third-order valence-corrected chi connectivity index (χ3v) is 3.90. The third kappa shape index (κ3) is 1.63. The summed E-state index contributed by atoms with van der Waals surface area (Å²) in [6, 6.07) is 0. The Hall–Kier alpha value is -0.0400. The molecule has 13 heavy (non-hydrogen) atoms. The van der Waals surface area contributed by atoms with Crippen molar-refractivity contribution in [3.63, 3.8) is 0 Å². The molecule has 0 radical (unpaired) electrons. The summed E-state index contributed by atoms with van der Waals surface area (Å²) >= 11 is 0. The Bertz CT molecular complexity index is 198. The molecule has 2 fully saturated rings. The van der Waals surface area contributed by atoms with Gasteiger partial charge in [0.1, 0.15) is 0 Å². The Labute approximate surface area is 82.5 Å².